The molecule has 3 aliphatic rings. The van der Waals surface area contributed by atoms with Gasteiger partial charge in [-0.2, -0.15) is 0 Å². The van der Waals surface area contributed by atoms with Gasteiger partial charge in [0.2, 0.25) is 5.91 Å². The average molecular weight is 280 g/mol. The summed E-state index contributed by atoms with van der Waals surface area (Å²) < 4.78 is 5.47. The number of rotatable bonds is 3. The minimum Gasteiger partial charge on any atom is -0.381 e. The Morgan fingerprint density at radius 3 is 2.55 bits per heavy atom. The number of nitrogens with one attached hydrogen (secondary N) is 1. The van der Waals surface area contributed by atoms with Gasteiger partial charge in [0, 0.05) is 19.3 Å². The monoisotopic (exact) mass is 280 g/mol. The Balaban J connectivity index is 1.80. The maximum absolute atomic E-state index is 13.0. The van der Waals surface area contributed by atoms with Crippen molar-refractivity contribution in [3.8, 4) is 0 Å². The van der Waals surface area contributed by atoms with Gasteiger partial charge in [0.05, 0.1) is 11.7 Å². The topological polar surface area (TPSA) is 41.6 Å². The molecular weight excluding hydrogens is 252 g/mol. The molecule has 0 aromatic rings. The van der Waals surface area contributed by atoms with Crippen LogP contribution in [0.25, 0.3) is 0 Å². The Bertz CT molecular complexity index is 357. The summed E-state index contributed by atoms with van der Waals surface area (Å²) in [6.07, 6.45) is 7.73. The van der Waals surface area contributed by atoms with E-state index < -0.39 is 0 Å². The summed E-state index contributed by atoms with van der Waals surface area (Å²) in [6, 6.07) is 0.382. The molecule has 1 saturated carbocycles. The van der Waals surface area contributed by atoms with Gasteiger partial charge in [0.1, 0.15) is 0 Å². The summed E-state index contributed by atoms with van der Waals surface area (Å²) in [5, 5.41) is 3.73. The van der Waals surface area contributed by atoms with Gasteiger partial charge < -0.3 is 9.64 Å². The van der Waals surface area contributed by atoms with Gasteiger partial charge in [-0.25, -0.2) is 0 Å². The van der Waals surface area contributed by atoms with E-state index >= 15 is 0 Å². The Hall–Kier alpha value is -0.610. The molecule has 1 atom stereocenters. The van der Waals surface area contributed by atoms with E-state index in [4.69, 9.17) is 4.74 Å². The van der Waals surface area contributed by atoms with Crippen molar-refractivity contribution in [3.05, 3.63) is 0 Å². The van der Waals surface area contributed by atoms with E-state index in [9.17, 15) is 4.79 Å². The standard InChI is InChI=1S/C16H28N2O2/c1-12(2)11-14-17-16(7-3-4-8-16)15(19)18(14)13-5-9-20-10-6-13/h12-14,17H,3-11H2,1-2H3. The molecule has 4 nitrogen and oxygen atoms in total. The second kappa shape index (κ2) is 5.64. The Morgan fingerprint density at radius 2 is 1.95 bits per heavy atom. The van der Waals surface area contributed by atoms with Crippen LogP contribution in [0.5, 0.6) is 0 Å². The lowest BCUT2D eigenvalue weighted by Crippen LogP contribution is -2.47. The predicted octanol–water partition coefficient (Wildman–Crippen LogP) is 2.28. The van der Waals surface area contributed by atoms with Crippen LogP contribution in [0.2, 0.25) is 0 Å². The van der Waals surface area contributed by atoms with Crippen LogP contribution in [0.1, 0.15) is 58.8 Å². The van der Waals surface area contributed by atoms with Crippen LogP contribution >= 0.6 is 0 Å². The lowest BCUT2D eigenvalue weighted by molar-refractivity contribution is -0.137. The quantitative estimate of drug-likeness (QED) is 0.862. The number of amides is 1. The Morgan fingerprint density at radius 1 is 1.30 bits per heavy atom. The molecule has 2 heterocycles. The van der Waals surface area contributed by atoms with Crippen LogP contribution in [0, 0.1) is 5.92 Å². The molecule has 20 heavy (non-hydrogen) atoms. The lowest BCUT2D eigenvalue weighted by atomic mass is 9.97. The number of carbonyl (C=O) groups excluding carboxylic acids is 1. The molecule has 2 saturated heterocycles. The highest BCUT2D eigenvalue weighted by Crippen LogP contribution is 2.39. The number of hydrogen-bond donors (Lipinski definition) is 1. The first-order chi connectivity index (χ1) is 9.62. The minimum atomic E-state index is -0.224. The largest absolute Gasteiger partial charge is 0.381 e. The SMILES string of the molecule is CC(C)CC1NC2(CCCC2)C(=O)N1C1CCOCC1. The third-order valence-electron chi connectivity index (χ3n) is 5.16. The normalized spacial score (nSPS) is 30.9. The van der Waals surface area contributed by atoms with E-state index in [2.05, 4.69) is 24.1 Å². The van der Waals surface area contributed by atoms with Gasteiger partial charge in [-0.05, 0) is 38.0 Å². The highest BCUT2D eigenvalue weighted by Gasteiger charge is 2.53. The van der Waals surface area contributed by atoms with Gasteiger partial charge >= 0.3 is 0 Å². The van der Waals surface area contributed by atoms with E-state index in [1.165, 1.54) is 12.8 Å². The highest BCUT2D eigenvalue weighted by atomic mass is 16.5. The number of nitrogens with zero attached hydrogens (tertiary/aromatic N) is 1. The third-order valence-corrected chi connectivity index (χ3v) is 5.16. The second-order valence-corrected chi connectivity index (χ2v) is 7.13. The fraction of sp³-hybridized carbons (Fsp3) is 0.938. The molecule has 1 unspecified atom stereocenters. The van der Waals surface area contributed by atoms with Gasteiger partial charge in [0.15, 0.2) is 0 Å². The first-order valence-corrected chi connectivity index (χ1v) is 8.30. The minimum absolute atomic E-state index is 0.224. The van der Waals surface area contributed by atoms with E-state index in [1.54, 1.807) is 0 Å². The van der Waals surface area contributed by atoms with E-state index in [0.717, 1.165) is 45.3 Å². The van der Waals surface area contributed by atoms with Crippen molar-refractivity contribution in [2.24, 2.45) is 5.92 Å². The summed E-state index contributed by atoms with van der Waals surface area (Å²) in [7, 11) is 0. The summed E-state index contributed by atoms with van der Waals surface area (Å²) in [5.74, 6) is 0.992. The van der Waals surface area contributed by atoms with Crippen molar-refractivity contribution < 1.29 is 9.53 Å². The molecule has 1 spiro atoms. The molecule has 2 aliphatic heterocycles. The van der Waals surface area contributed by atoms with Gasteiger partial charge in [-0.1, -0.05) is 26.7 Å². The van der Waals surface area contributed by atoms with Gasteiger partial charge in [-0.3, -0.25) is 10.1 Å². The summed E-state index contributed by atoms with van der Waals surface area (Å²) in [6.45, 7) is 6.09. The van der Waals surface area contributed by atoms with Crippen molar-refractivity contribution >= 4 is 5.91 Å². The van der Waals surface area contributed by atoms with Crippen LogP contribution in [0.3, 0.4) is 0 Å². The van der Waals surface area contributed by atoms with E-state index in [-0.39, 0.29) is 11.7 Å². The van der Waals surface area contributed by atoms with E-state index in [1.807, 2.05) is 0 Å². The molecule has 1 amide bonds. The molecule has 0 bridgehead atoms. The fourth-order valence-electron chi connectivity index (χ4n) is 4.18. The smallest absolute Gasteiger partial charge is 0.244 e. The summed E-state index contributed by atoms with van der Waals surface area (Å²) in [5.41, 5.74) is -0.224. The lowest BCUT2D eigenvalue weighted by Gasteiger charge is -2.35. The molecule has 114 valence electrons. The average Bonchev–Trinajstić information content (AvgIpc) is 2.98. The van der Waals surface area contributed by atoms with Crippen molar-refractivity contribution in [3.63, 3.8) is 0 Å². The van der Waals surface area contributed by atoms with Crippen LogP contribution < -0.4 is 5.32 Å². The second-order valence-electron chi connectivity index (χ2n) is 7.13. The Kier molecular flexibility index (Phi) is 4.04. The molecule has 0 aromatic carbocycles. The summed E-state index contributed by atoms with van der Waals surface area (Å²) >= 11 is 0. The molecular formula is C16H28N2O2. The van der Waals surface area contributed by atoms with Crippen LogP contribution in [0.15, 0.2) is 0 Å². The molecule has 1 aliphatic carbocycles. The van der Waals surface area contributed by atoms with Crippen LogP contribution in [-0.2, 0) is 9.53 Å². The molecule has 0 aromatic heterocycles. The highest BCUT2D eigenvalue weighted by molar-refractivity contribution is 5.89. The zero-order valence-electron chi connectivity index (χ0n) is 12.9. The van der Waals surface area contributed by atoms with Crippen molar-refractivity contribution in [2.75, 3.05) is 13.2 Å². The molecule has 4 heteroatoms. The van der Waals surface area contributed by atoms with Gasteiger partial charge in [-0.15, -0.1) is 0 Å². The maximum atomic E-state index is 13.0. The summed E-state index contributed by atoms with van der Waals surface area (Å²) in [4.78, 5) is 15.2. The van der Waals surface area contributed by atoms with Crippen LogP contribution in [-0.4, -0.2) is 41.8 Å². The molecule has 3 rings (SSSR count). The van der Waals surface area contributed by atoms with Gasteiger partial charge in [0.25, 0.3) is 0 Å². The zero-order chi connectivity index (χ0) is 14.2. The van der Waals surface area contributed by atoms with E-state index in [0.29, 0.717) is 17.9 Å². The molecule has 0 radical (unpaired) electrons. The van der Waals surface area contributed by atoms with Crippen LogP contribution in [0.4, 0.5) is 0 Å². The van der Waals surface area contributed by atoms with Crippen molar-refractivity contribution in [2.45, 2.75) is 76.5 Å². The molecule has 1 N–H and O–H groups in total. The first-order valence-electron chi connectivity index (χ1n) is 8.30. The number of hydrogen-bond acceptors (Lipinski definition) is 3. The maximum Gasteiger partial charge on any atom is 0.244 e. The number of ether oxygens (including phenoxy) is 1. The third kappa shape index (κ3) is 2.48. The fourth-order valence-corrected chi connectivity index (χ4v) is 4.18. The van der Waals surface area contributed by atoms with Crippen molar-refractivity contribution in [1.82, 2.24) is 10.2 Å². The zero-order valence-corrected chi connectivity index (χ0v) is 12.9. The molecule has 3 fully saturated rings. The van der Waals surface area contributed by atoms with Crippen molar-refractivity contribution in [1.29, 1.82) is 0 Å². The number of carbonyl (C=O) groups is 1. The predicted molar refractivity (Wildman–Crippen MR) is 78.3 cm³/mol. The first kappa shape index (κ1) is 14.3. The Labute approximate surface area is 122 Å².